The maximum Gasteiger partial charge on any atom is 0.328 e. The molecule has 14 heavy (non-hydrogen) atoms. The van der Waals surface area contributed by atoms with Crippen molar-refractivity contribution in [2.75, 3.05) is 14.2 Å². The van der Waals surface area contributed by atoms with Gasteiger partial charge >= 0.3 is 5.97 Å². The lowest BCUT2D eigenvalue weighted by molar-refractivity contribution is -0.151. The molecule has 0 spiro atoms. The highest BCUT2D eigenvalue weighted by Gasteiger charge is 2.26. The van der Waals surface area contributed by atoms with E-state index in [0.29, 0.717) is 12.3 Å². The third kappa shape index (κ3) is 3.77. The van der Waals surface area contributed by atoms with Gasteiger partial charge in [-0.05, 0) is 12.3 Å². The van der Waals surface area contributed by atoms with Crippen LogP contribution in [0.2, 0.25) is 0 Å². The second-order valence-electron chi connectivity index (χ2n) is 3.80. The van der Waals surface area contributed by atoms with Crippen molar-refractivity contribution >= 4 is 11.9 Å². The molecule has 0 aromatic heterocycles. The number of esters is 1. The largest absolute Gasteiger partial charge is 0.467 e. The predicted octanol–water partition coefficient (Wildman–Crippen LogP) is 1.05. The highest BCUT2D eigenvalue weighted by molar-refractivity contribution is 5.83. The summed E-state index contributed by atoms with van der Waals surface area (Å²) >= 11 is 0. The average Bonchev–Trinajstić information content (AvgIpc) is 2.11. The summed E-state index contributed by atoms with van der Waals surface area (Å²) in [6.07, 6.45) is 0.628. The van der Waals surface area contributed by atoms with E-state index >= 15 is 0 Å². The zero-order valence-electron chi connectivity index (χ0n) is 9.53. The molecule has 0 rings (SSSR count). The quantitative estimate of drug-likeness (QED) is 0.639. The fourth-order valence-corrected chi connectivity index (χ4v) is 1.21. The number of carbonyl (C=O) groups excluding carboxylic acids is 2. The lowest BCUT2D eigenvalue weighted by Gasteiger charge is -2.26. The number of ether oxygens (including phenoxy) is 1. The number of hydrogen-bond donors (Lipinski definition) is 0. The van der Waals surface area contributed by atoms with Crippen LogP contribution in [0.4, 0.5) is 0 Å². The Morgan fingerprint density at radius 2 is 1.86 bits per heavy atom. The molecule has 0 aliphatic rings. The predicted molar refractivity (Wildman–Crippen MR) is 53.7 cm³/mol. The van der Waals surface area contributed by atoms with Crippen LogP contribution >= 0.6 is 0 Å². The summed E-state index contributed by atoms with van der Waals surface area (Å²) in [5.41, 5.74) is 0. The van der Waals surface area contributed by atoms with E-state index < -0.39 is 6.04 Å². The van der Waals surface area contributed by atoms with Crippen LogP contribution in [0.5, 0.6) is 0 Å². The van der Waals surface area contributed by atoms with Crippen molar-refractivity contribution in [1.82, 2.24) is 4.90 Å². The van der Waals surface area contributed by atoms with Gasteiger partial charge in [-0.3, -0.25) is 4.79 Å². The Morgan fingerprint density at radius 3 is 2.14 bits per heavy atom. The van der Waals surface area contributed by atoms with Crippen molar-refractivity contribution in [2.45, 2.75) is 33.2 Å². The van der Waals surface area contributed by atoms with Crippen molar-refractivity contribution in [3.8, 4) is 0 Å². The van der Waals surface area contributed by atoms with Gasteiger partial charge < -0.3 is 9.64 Å². The van der Waals surface area contributed by atoms with E-state index in [1.54, 1.807) is 7.05 Å². The Labute approximate surface area is 85.2 Å². The molecule has 0 aromatic carbocycles. The maximum absolute atomic E-state index is 11.4. The summed E-state index contributed by atoms with van der Waals surface area (Å²) in [7, 11) is 2.95. The van der Waals surface area contributed by atoms with Crippen LogP contribution in [0.25, 0.3) is 0 Å². The average molecular weight is 201 g/mol. The molecular weight excluding hydrogens is 182 g/mol. The highest BCUT2D eigenvalue weighted by Crippen LogP contribution is 2.11. The first-order valence-corrected chi connectivity index (χ1v) is 4.71. The van der Waals surface area contributed by atoms with Crippen molar-refractivity contribution < 1.29 is 14.3 Å². The molecule has 0 radical (unpaired) electrons. The van der Waals surface area contributed by atoms with Crippen LogP contribution in [0.3, 0.4) is 0 Å². The summed E-state index contributed by atoms with van der Waals surface area (Å²) in [6.45, 7) is 5.45. The van der Waals surface area contributed by atoms with Gasteiger partial charge in [-0.2, -0.15) is 0 Å². The van der Waals surface area contributed by atoms with Crippen molar-refractivity contribution in [3.05, 3.63) is 0 Å². The van der Waals surface area contributed by atoms with Gasteiger partial charge in [-0.15, -0.1) is 0 Å². The number of likely N-dealkylation sites (N-methyl/N-ethyl adjacent to an activating group) is 1. The molecular formula is C10H19NO3. The smallest absolute Gasteiger partial charge is 0.328 e. The number of carbonyl (C=O) groups is 2. The Balaban J connectivity index is 4.54. The first-order chi connectivity index (χ1) is 6.40. The third-order valence-corrected chi connectivity index (χ3v) is 2.13. The van der Waals surface area contributed by atoms with Crippen molar-refractivity contribution in [1.29, 1.82) is 0 Å². The topological polar surface area (TPSA) is 46.6 Å². The summed E-state index contributed by atoms with van der Waals surface area (Å²) in [4.78, 5) is 23.9. The second-order valence-corrected chi connectivity index (χ2v) is 3.80. The Morgan fingerprint density at radius 1 is 1.36 bits per heavy atom. The SMILES string of the molecule is COC(=O)[C@H](CC(C)C)N(C)C(C)=O. The Bertz CT molecular complexity index is 213. The number of nitrogens with zero attached hydrogens (tertiary/aromatic N) is 1. The standard InChI is InChI=1S/C10H19NO3/c1-7(2)6-9(10(13)14-5)11(4)8(3)12/h7,9H,6H2,1-5H3/t9-/m0/s1. The number of hydrogen-bond acceptors (Lipinski definition) is 3. The summed E-state index contributed by atoms with van der Waals surface area (Å²) in [5, 5.41) is 0. The van der Waals surface area contributed by atoms with Gasteiger partial charge in [0.05, 0.1) is 7.11 Å². The molecule has 4 nitrogen and oxygen atoms in total. The van der Waals surface area contributed by atoms with E-state index in [-0.39, 0.29) is 11.9 Å². The summed E-state index contributed by atoms with van der Waals surface area (Å²) in [6, 6.07) is -0.461. The van der Waals surface area contributed by atoms with Crippen LogP contribution in [0, 0.1) is 5.92 Å². The fraction of sp³-hybridized carbons (Fsp3) is 0.800. The second kappa shape index (κ2) is 5.62. The molecule has 0 saturated carbocycles. The van der Waals surface area contributed by atoms with Gasteiger partial charge in [0.1, 0.15) is 6.04 Å². The number of amides is 1. The minimum Gasteiger partial charge on any atom is -0.467 e. The van der Waals surface area contributed by atoms with Gasteiger partial charge in [-0.1, -0.05) is 13.8 Å². The summed E-state index contributed by atoms with van der Waals surface area (Å²) < 4.78 is 4.65. The molecule has 0 aromatic rings. The molecule has 0 saturated heterocycles. The molecule has 0 N–H and O–H groups in total. The van der Waals surface area contributed by atoms with E-state index in [1.165, 1.54) is 18.9 Å². The molecule has 1 atom stereocenters. The first kappa shape index (κ1) is 12.9. The molecule has 0 fully saturated rings. The van der Waals surface area contributed by atoms with Crippen LogP contribution in [0.1, 0.15) is 27.2 Å². The zero-order chi connectivity index (χ0) is 11.3. The maximum atomic E-state index is 11.4. The molecule has 1 amide bonds. The molecule has 4 heteroatoms. The molecule has 0 aliphatic carbocycles. The van der Waals surface area contributed by atoms with E-state index in [2.05, 4.69) is 4.74 Å². The minimum atomic E-state index is -0.461. The fourth-order valence-electron chi connectivity index (χ4n) is 1.21. The monoisotopic (exact) mass is 201 g/mol. The number of rotatable bonds is 4. The zero-order valence-corrected chi connectivity index (χ0v) is 9.53. The van der Waals surface area contributed by atoms with E-state index in [0.717, 1.165) is 0 Å². The van der Waals surface area contributed by atoms with E-state index in [1.807, 2.05) is 13.8 Å². The third-order valence-electron chi connectivity index (χ3n) is 2.13. The minimum absolute atomic E-state index is 0.124. The van der Waals surface area contributed by atoms with Gasteiger partial charge in [0.15, 0.2) is 0 Å². The van der Waals surface area contributed by atoms with Gasteiger partial charge in [0.25, 0.3) is 0 Å². The van der Waals surface area contributed by atoms with Gasteiger partial charge in [0.2, 0.25) is 5.91 Å². The molecule has 0 heterocycles. The van der Waals surface area contributed by atoms with Crippen molar-refractivity contribution in [2.24, 2.45) is 5.92 Å². The van der Waals surface area contributed by atoms with Crippen molar-refractivity contribution in [3.63, 3.8) is 0 Å². The van der Waals surface area contributed by atoms with Crippen LogP contribution < -0.4 is 0 Å². The Hall–Kier alpha value is -1.06. The van der Waals surface area contributed by atoms with Crippen LogP contribution in [-0.2, 0) is 14.3 Å². The normalized spacial score (nSPS) is 12.4. The number of methoxy groups -OCH3 is 1. The van der Waals surface area contributed by atoms with Crippen LogP contribution in [-0.4, -0.2) is 37.0 Å². The Kier molecular flexibility index (Phi) is 5.20. The molecule has 0 bridgehead atoms. The lowest BCUT2D eigenvalue weighted by Crippen LogP contribution is -2.42. The lowest BCUT2D eigenvalue weighted by atomic mass is 10.0. The van der Waals surface area contributed by atoms with E-state index in [9.17, 15) is 9.59 Å². The molecule has 0 unspecified atom stereocenters. The summed E-state index contributed by atoms with van der Waals surface area (Å²) in [5.74, 6) is -0.127. The molecule has 82 valence electrons. The molecule has 0 aliphatic heterocycles. The van der Waals surface area contributed by atoms with Gasteiger partial charge in [-0.25, -0.2) is 4.79 Å². The van der Waals surface area contributed by atoms with Gasteiger partial charge in [0, 0.05) is 14.0 Å². The first-order valence-electron chi connectivity index (χ1n) is 4.71. The van der Waals surface area contributed by atoms with E-state index in [4.69, 9.17) is 0 Å². The van der Waals surface area contributed by atoms with Crippen LogP contribution in [0.15, 0.2) is 0 Å². The highest BCUT2D eigenvalue weighted by atomic mass is 16.5.